The van der Waals surface area contributed by atoms with E-state index in [1.165, 1.54) is 0 Å². The van der Waals surface area contributed by atoms with Gasteiger partial charge in [0.1, 0.15) is 11.0 Å². The highest BCUT2D eigenvalue weighted by Gasteiger charge is 2.11. The van der Waals surface area contributed by atoms with Crippen molar-refractivity contribution in [3.05, 3.63) is 23.4 Å². The maximum absolute atomic E-state index is 11.7. The molecule has 0 unspecified atom stereocenters. The van der Waals surface area contributed by atoms with Crippen molar-refractivity contribution in [1.29, 1.82) is 0 Å². The molecule has 1 aromatic heterocycles. The molecule has 0 aliphatic carbocycles. The van der Waals surface area contributed by atoms with E-state index in [4.69, 9.17) is 11.6 Å². The highest BCUT2D eigenvalue weighted by molar-refractivity contribution is 6.29. The Kier molecular flexibility index (Phi) is 5.22. The standard InChI is InChI=1S/C12H18ClN3O/c1-4-16(8-12(17)14-9(2)3)11-7-5-6-10(13)15-11/h5-7,9H,4,8H2,1-3H3,(H,14,17). The van der Waals surface area contributed by atoms with E-state index in [0.29, 0.717) is 18.2 Å². The zero-order valence-corrected chi connectivity index (χ0v) is 11.2. The second kappa shape index (κ2) is 6.45. The van der Waals surface area contributed by atoms with E-state index >= 15 is 0 Å². The zero-order valence-electron chi connectivity index (χ0n) is 10.4. The van der Waals surface area contributed by atoms with Crippen LogP contribution in [0.5, 0.6) is 0 Å². The minimum Gasteiger partial charge on any atom is -0.352 e. The van der Waals surface area contributed by atoms with E-state index in [1.807, 2.05) is 37.8 Å². The first-order chi connectivity index (χ1) is 8.02. The number of aromatic nitrogens is 1. The molecule has 0 aliphatic heterocycles. The third-order valence-corrected chi connectivity index (χ3v) is 2.40. The summed E-state index contributed by atoms with van der Waals surface area (Å²) < 4.78 is 0. The summed E-state index contributed by atoms with van der Waals surface area (Å²) in [6, 6.07) is 5.53. The summed E-state index contributed by atoms with van der Waals surface area (Å²) in [5, 5.41) is 3.29. The van der Waals surface area contributed by atoms with Gasteiger partial charge < -0.3 is 10.2 Å². The van der Waals surface area contributed by atoms with Crippen LogP contribution in [0, 0.1) is 0 Å². The van der Waals surface area contributed by atoms with Crippen LogP contribution in [0.1, 0.15) is 20.8 Å². The number of hydrogen-bond acceptors (Lipinski definition) is 3. The third kappa shape index (κ3) is 4.61. The lowest BCUT2D eigenvalue weighted by molar-refractivity contribution is -0.120. The van der Waals surface area contributed by atoms with Gasteiger partial charge in [0, 0.05) is 12.6 Å². The highest BCUT2D eigenvalue weighted by atomic mass is 35.5. The predicted octanol–water partition coefficient (Wildman–Crippen LogP) is 2.09. The summed E-state index contributed by atoms with van der Waals surface area (Å²) in [6.45, 7) is 6.85. The highest BCUT2D eigenvalue weighted by Crippen LogP contribution is 2.13. The average molecular weight is 256 g/mol. The molecule has 1 amide bonds. The van der Waals surface area contributed by atoms with Crippen LogP contribution in [0.3, 0.4) is 0 Å². The van der Waals surface area contributed by atoms with E-state index < -0.39 is 0 Å². The first-order valence-corrected chi connectivity index (χ1v) is 6.07. The van der Waals surface area contributed by atoms with E-state index in [9.17, 15) is 4.79 Å². The van der Waals surface area contributed by atoms with Crippen molar-refractivity contribution in [1.82, 2.24) is 10.3 Å². The minimum atomic E-state index is -0.0105. The topological polar surface area (TPSA) is 45.2 Å². The van der Waals surface area contributed by atoms with Crippen LogP contribution in [0.2, 0.25) is 5.15 Å². The average Bonchev–Trinajstić information content (AvgIpc) is 2.24. The van der Waals surface area contributed by atoms with Gasteiger partial charge in [-0.15, -0.1) is 0 Å². The summed E-state index contributed by atoms with van der Waals surface area (Å²) in [5.74, 6) is 0.711. The number of hydrogen-bond donors (Lipinski definition) is 1. The summed E-state index contributed by atoms with van der Waals surface area (Å²) in [6.07, 6.45) is 0. The molecule has 0 fully saturated rings. The number of rotatable bonds is 5. The Bertz CT molecular complexity index is 382. The normalized spacial score (nSPS) is 10.4. The van der Waals surface area contributed by atoms with Gasteiger partial charge in [-0.1, -0.05) is 17.7 Å². The van der Waals surface area contributed by atoms with Gasteiger partial charge in [0.15, 0.2) is 0 Å². The molecular formula is C12H18ClN3O. The fourth-order valence-electron chi connectivity index (χ4n) is 1.47. The Morgan fingerprint density at radius 2 is 2.24 bits per heavy atom. The molecule has 1 N–H and O–H groups in total. The molecule has 0 atom stereocenters. The summed E-state index contributed by atoms with van der Waals surface area (Å²) in [4.78, 5) is 17.7. The molecule has 1 heterocycles. The first-order valence-electron chi connectivity index (χ1n) is 5.69. The van der Waals surface area contributed by atoms with Crippen molar-refractivity contribution >= 4 is 23.3 Å². The quantitative estimate of drug-likeness (QED) is 0.820. The summed E-state index contributed by atoms with van der Waals surface area (Å²) in [5.41, 5.74) is 0. The molecule has 0 spiro atoms. The van der Waals surface area contributed by atoms with Crippen molar-refractivity contribution in [2.75, 3.05) is 18.0 Å². The SMILES string of the molecule is CCN(CC(=O)NC(C)C)c1cccc(Cl)n1. The molecule has 0 bridgehead atoms. The zero-order chi connectivity index (χ0) is 12.8. The van der Waals surface area contributed by atoms with Crippen LogP contribution < -0.4 is 10.2 Å². The molecule has 0 aliphatic rings. The summed E-state index contributed by atoms with van der Waals surface area (Å²) >= 11 is 5.83. The Hall–Kier alpha value is -1.29. The number of anilines is 1. The lowest BCUT2D eigenvalue weighted by Gasteiger charge is -2.22. The van der Waals surface area contributed by atoms with Crippen molar-refractivity contribution < 1.29 is 4.79 Å². The maximum atomic E-state index is 11.7. The number of likely N-dealkylation sites (N-methyl/N-ethyl adjacent to an activating group) is 1. The third-order valence-electron chi connectivity index (χ3n) is 2.19. The second-order valence-corrected chi connectivity index (χ2v) is 4.44. The van der Waals surface area contributed by atoms with Crippen molar-refractivity contribution in [2.45, 2.75) is 26.8 Å². The number of halogens is 1. The van der Waals surface area contributed by atoms with E-state index in [-0.39, 0.29) is 11.9 Å². The molecular weight excluding hydrogens is 238 g/mol. The van der Waals surface area contributed by atoms with Gasteiger partial charge in [-0.3, -0.25) is 4.79 Å². The van der Waals surface area contributed by atoms with Crippen molar-refractivity contribution in [3.8, 4) is 0 Å². The van der Waals surface area contributed by atoms with Gasteiger partial charge in [-0.05, 0) is 32.9 Å². The molecule has 0 aromatic carbocycles. The van der Waals surface area contributed by atoms with E-state index in [1.54, 1.807) is 6.07 Å². The van der Waals surface area contributed by atoms with Crippen LogP contribution in [0.4, 0.5) is 5.82 Å². The van der Waals surface area contributed by atoms with Crippen LogP contribution in [-0.2, 0) is 4.79 Å². The Balaban J connectivity index is 2.69. The van der Waals surface area contributed by atoms with Crippen molar-refractivity contribution in [3.63, 3.8) is 0 Å². The maximum Gasteiger partial charge on any atom is 0.239 e. The number of nitrogens with one attached hydrogen (secondary N) is 1. The fourth-order valence-corrected chi connectivity index (χ4v) is 1.63. The molecule has 0 radical (unpaired) electrons. The first kappa shape index (κ1) is 13.8. The summed E-state index contributed by atoms with van der Waals surface area (Å²) in [7, 11) is 0. The number of carbonyl (C=O) groups is 1. The second-order valence-electron chi connectivity index (χ2n) is 4.05. The molecule has 0 saturated carbocycles. The van der Waals surface area contributed by atoms with Gasteiger partial charge in [0.25, 0.3) is 0 Å². The molecule has 94 valence electrons. The van der Waals surface area contributed by atoms with Crippen molar-refractivity contribution in [2.24, 2.45) is 0 Å². The molecule has 5 heteroatoms. The number of amides is 1. The molecule has 0 saturated heterocycles. The van der Waals surface area contributed by atoms with E-state index in [0.717, 1.165) is 5.82 Å². The monoisotopic (exact) mass is 255 g/mol. The van der Waals surface area contributed by atoms with E-state index in [2.05, 4.69) is 10.3 Å². The lowest BCUT2D eigenvalue weighted by atomic mass is 10.3. The van der Waals surface area contributed by atoms with Crippen LogP contribution >= 0.6 is 11.6 Å². The Morgan fingerprint density at radius 3 is 2.76 bits per heavy atom. The molecule has 4 nitrogen and oxygen atoms in total. The molecule has 1 rings (SSSR count). The largest absolute Gasteiger partial charge is 0.352 e. The van der Waals surface area contributed by atoms with Gasteiger partial charge in [0.05, 0.1) is 6.54 Å². The van der Waals surface area contributed by atoms with Gasteiger partial charge >= 0.3 is 0 Å². The van der Waals surface area contributed by atoms with Crippen LogP contribution in [0.15, 0.2) is 18.2 Å². The van der Waals surface area contributed by atoms with Gasteiger partial charge in [-0.25, -0.2) is 4.98 Å². The number of carbonyl (C=O) groups excluding carboxylic acids is 1. The Labute approximate surface area is 107 Å². The van der Waals surface area contributed by atoms with Gasteiger partial charge in [-0.2, -0.15) is 0 Å². The van der Waals surface area contributed by atoms with Gasteiger partial charge in [0.2, 0.25) is 5.91 Å². The lowest BCUT2D eigenvalue weighted by Crippen LogP contribution is -2.40. The molecule has 1 aromatic rings. The predicted molar refractivity (Wildman–Crippen MR) is 70.4 cm³/mol. The fraction of sp³-hybridized carbons (Fsp3) is 0.500. The number of nitrogens with zero attached hydrogens (tertiary/aromatic N) is 2. The smallest absolute Gasteiger partial charge is 0.239 e. The van der Waals surface area contributed by atoms with Crippen LogP contribution in [0.25, 0.3) is 0 Å². The minimum absolute atomic E-state index is 0.0105. The van der Waals surface area contributed by atoms with Crippen LogP contribution in [-0.4, -0.2) is 30.0 Å². The number of pyridine rings is 1. The Morgan fingerprint density at radius 1 is 1.53 bits per heavy atom. The molecule has 17 heavy (non-hydrogen) atoms.